The molecule has 0 spiro atoms. The van der Waals surface area contributed by atoms with Crippen LogP contribution in [-0.2, 0) is 5.41 Å². The molecule has 0 atom stereocenters. The summed E-state index contributed by atoms with van der Waals surface area (Å²) in [4.78, 5) is 11.4. The molecule has 2 rings (SSSR count). The molecule has 7 nitrogen and oxygen atoms in total. The number of hydrogen-bond donors (Lipinski definition) is 3. The van der Waals surface area contributed by atoms with Gasteiger partial charge in [-0.25, -0.2) is 20.3 Å². The van der Waals surface area contributed by atoms with Crippen LogP contribution in [0.3, 0.4) is 0 Å². The number of guanidine groups is 1. The van der Waals surface area contributed by atoms with E-state index in [9.17, 15) is 0 Å². The average molecular weight is 289 g/mol. The largest absolute Gasteiger partial charge is 0.356 e. The third-order valence-electron chi connectivity index (χ3n) is 2.77. The number of rotatable bonds is 2. The summed E-state index contributed by atoms with van der Waals surface area (Å²) in [6, 6.07) is 3.71. The Labute approximate surface area is 123 Å². The summed E-state index contributed by atoms with van der Waals surface area (Å²) in [5, 5.41) is 6.90. The average Bonchev–Trinajstić information content (AvgIpc) is 2.75. The highest BCUT2D eigenvalue weighted by Gasteiger charge is 2.19. The number of aryl methyl sites for hydroxylation is 2. The number of nitrogens with two attached hydrogens (primary N) is 1. The van der Waals surface area contributed by atoms with Crippen molar-refractivity contribution in [2.45, 2.75) is 40.0 Å². The molecule has 0 bridgehead atoms. The van der Waals surface area contributed by atoms with Crippen molar-refractivity contribution >= 4 is 17.8 Å². The topological polar surface area (TPSA) is 104 Å². The van der Waals surface area contributed by atoms with Gasteiger partial charge in [-0.05, 0) is 19.9 Å². The van der Waals surface area contributed by atoms with Crippen molar-refractivity contribution in [3.05, 3.63) is 29.2 Å². The standard InChI is InChI=1S/C14H20N6O/c1-8-6-9(2)17-13(16-8)19-12(15)18-11-7-10(20-21-11)14(3,4)5/h6-7H,1-5H3,(H3,15,16,17,18,19)/p+1. The van der Waals surface area contributed by atoms with Crippen LogP contribution in [0.1, 0.15) is 37.9 Å². The fraction of sp³-hybridized carbons (Fsp3) is 0.429. The van der Waals surface area contributed by atoms with Gasteiger partial charge in [-0.2, -0.15) is 0 Å². The summed E-state index contributed by atoms with van der Waals surface area (Å²) in [5.41, 5.74) is 8.39. The van der Waals surface area contributed by atoms with E-state index in [1.54, 1.807) is 0 Å². The molecule has 112 valence electrons. The van der Waals surface area contributed by atoms with E-state index in [-0.39, 0.29) is 11.4 Å². The van der Waals surface area contributed by atoms with Crippen LogP contribution >= 0.6 is 0 Å². The van der Waals surface area contributed by atoms with Crippen LogP contribution in [0.15, 0.2) is 16.7 Å². The van der Waals surface area contributed by atoms with Crippen LogP contribution in [0.2, 0.25) is 0 Å². The first kappa shape index (κ1) is 15.0. The minimum absolute atomic E-state index is 0.0810. The summed E-state index contributed by atoms with van der Waals surface area (Å²) < 4.78 is 5.20. The Hall–Kier alpha value is -2.44. The van der Waals surface area contributed by atoms with Gasteiger partial charge < -0.3 is 4.52 Å². The van der Waals surface area contributed by atoms with Gasteiger partial charge in [-0.3, -0.25) is 5.73 Å². The summed E-state index contributed by atoms with van der Waals surface area (Å²) in [7, 11) is 0. The van der Waals surface area contributed by atoms with Crippen LogP contribution in [0.25, 0.3) is 0 Å². The summed E-state index contributed by atoms with van der Waals surface area (Å²) >= 11 is 0. The van der Waals surface area contributed by atoms with Gasteiger partial charge in [0.1, 0.15) is 0 Å². The molecule has 21 heavy (non-hydrogen) atoms. The molecule has 7 heteroatoms. The second-order valence-corrected chi connectivity index (χ2v) is 5.96. The maximum Gasteiger partial charge on any atom is 0.356 e. The summed E-state index contributed by atoms with van der Waals surface area (Å²) in [5.74, 6) is 1.18. The third kappa shape index (κ3) is 4.01. The van der Waals surface area contributed by atoms with Gasteiger partial charge in [0.25, 0.3) is 11.8 Å². The van der Waals surface area contributed by atoms with Crippen molar-refractivity contribution < 1.29 is 9.52 Å². The predicted octanol–water partition coefficient (Wildman–Crippen LogP) is 0.518. The zero-order chi connectivity index (χ0) is 15.6. The van der Waals surface area contributed by atoms with Crippen molar-refractivity contribution in [1.29, 1.82) is 0 Å². The lowest BCUT2D eigenvalue weighted by Gasteiger charge is -2.12. The number of anilines is 1. The number of hydrogen-bond acceptors (Lipinski definition) is 4. The lowest BCUT2D eigenvalue weighted by Crippen LogP contribution is -2.71. The highest BCUT2D eigenvalue weighted by Crippen LogP contribution is 2.21. The van der Waals surface area contributed by atoms with Gasteiger partial charge in [0, 0.05) is 22.9 Å². The van der Waals surface area contributed by atoms with Gasteiger partial charge >= 0.3 is 5.96 Å². The molecular weight excluding hydrogens is 268 g/mol. The van der Waals surface area contributed by atoms with E-state index in [4.69, 9.17) is 10.3 Å². The van der Waals surface area contributed by atoms with Gasteiger partial charge in [0.05, 0.1) is 5.69 Å². The van der Waals surface area contributed by atoms with E-state index in [1.807, 2.05) is 26.0 Å². The van der Waals surface area contributed by atoms with E-state index in [0.29, 0.717) is 11.8 Å². The Kier molecular flexibility index (Phi) is 3.93. The van der Waals surface area contributed by atoms with Crippen molar-refractivity contribution in [2.24, 2.45) is 5.73 Å². The van der Waals surface area contributed by atoms with Crippen LogP contribution in [0.4, 0.5) is 11.8 Å². The van der Waals surface area contributed by atoms with Crippen LogP contribution in [0.5, 0.6) is 0 Å². The highest BCUT2D eigenvalue weighted by molar-refractivity contribution is 5.86. The van der Waals surface area contributed by atoms with Gasteiger partial charge in [0.2, 0.25) is 0 Å². The van der Waals surface area contributed by atoms with E-state index < -0.39 is 0 Å². The minimum Gasteiger partial charge on any atom is -0.322 e. The molecule has 0 aliphatic heterocycles. The van der Waals surface area contributed by atoms with E-state index >= 15 is 0 Å². The maximum atomic E-state index is 5.88. The molecule has 0 saturated carbocycles. The molecule has 2 heterocycles. The monoisotopic (exact) mass is 289 g/mol. The van der Waals surface area contributed by atoms with Gasteiger partial charge in [0.15, 0.2) is 0 Å². The first-order valence-corrected chi connectivity index (χ1v) is 6.70. The molecule has 0 aromatic carbocycles. The molecule has 2 aromatic rings. The van der Waals surface area contributed by atoms with E-state index in [0.717, 1.165) is 17.1 Å². The lowest BCUT2D eigenvalue weighted by atomic mass is 9.92. The Morgan fingerprint density at radius 2 is 1.81 bits per heavy atom. The van der Waals surface area contributed by atoms with Crippen LogP contribution in [0, 0.1) is 13.8 Å². The Morgan fingerprint density at radius 1 is 1.19 bits per heavy atom. The quantitative estimate of drug-likeness (QED) is 0.550. The molecular formula is C14H21N6O+. The normalized spacial score (nSPS) is 12.5. The molecule has 0 radical (unpaired) electrons. The molecule has 4 N–H and O–H groups in total. The molecule has 0 amide bonds. The molecule has 0 unspecified atom stereocenters. The van der Waals surface area contributed by atoms with Crippen LogP contribution in [-0.4, -0.2) is 21.1 Å². The lowest BCUT2D eigenvalue weighted by molar-refractivity contribution is -0.376. The number of nitrogens with one attached hydrogen (secondary N) is 2. The highest BCUT2D eigenvalue weighted by atomic mass is 16.5. The molecule has 2 aromatic heterocycles. The van der Waals surface area contributed by atoms with Crippen molar-refractivity contribution in [1.82, 2.24) is 15.1 Å². The van der Waals surface area contributed by atoms with Crippen molar-refractivity contribution in [3.63, 3.8) is 0 Å². The summed E-state index contributed by atoms with van der Waals surface area (Å²) in [6.45, 7) is 9.97. The van der Waals surface area contributed by atoms with Gasteiger partial charge in [-0.15, -0.1) is 0 Å². The zero-order valence-electron chi connectivity index (χ0n) is 13.0. The molecule has 0 saturated heterocycles. The first-order chi connectivity index (χ1) is 9.74. The maximum absolute atomic E-state index is 5.88. The Balaban J connectivity index is 2.16. The first-order valence-electron chi connectivity index (χ1n) is 6.70. The second-order valence-electron chi connectivity index (χ2n) is 5.96. The smallest absolute Gasteiger partial charge is 0.322 e. The Bertz CT molecular complexity index is 648. The minimum atomic E-state index is -0.0810. The molecule has 0 aliphatic carbocycles. The van der Waals surface area contributed by atoms with E-state index in [1.165, 1.54) is 0 Å². The second kappa shape index (κ2) is 5.51. The fourth-order valence-corrected chi connectivity index (χ4v) is 1.75. The van der Waals surface area contributed by atoms with Gasteiger partial charge in [-0.1, -0.05) is 25.9 Å². The third-order valence-corrected chi connectivity index (χ3v) is 2.77. The van der Waals surface area contributed by atoms with Crippen molar-refractivity contribution in [2.75, 3.05) is 5.32 Å². The predicted molar refractivity (Wildman–Crippen MR) is 80.1 cm³/mol. The van der Waals surface area contributed by atoms with Crippen molar-refractivity contribution in [3.8, 4) is 0 Å². The zero-order valence-corrected chi connectivity index (χ0v) is 13.0. The van der Waals surface area contributed by atoms with Crippen LogP contribution < -0.4 is 16.0 Å². The number of nitrogens with zero attached hydrogens (tertiary/aromatic N) is 3. The van der Waals surface area contributed by atoms with E-state index in [2.05, 4.69) is 46.2 Å². The molecule has 0 fully saturated rings. The summed E-state index contributed by atoms with van der Waals surface area (Å²) in [6.07, 6.45) is 0. The fourth-order valence-electron chi connectivity index (χ4n) is 1.75. The SMILES string of the molecule is Cc1cc(C)nc(NC(N)=[NH+]c2cc(C(C)(C)C)no2)n1. The Morgan fingerprint density at radius 3 is 2.33 bits per heavy atom. The molecule has 0 aliphatic rings. The number of aromatic nitrogens is 3.